The van der Waals surface area contributed by atoms with Crippen molar-refractivity contribution in [1.82, 2.24) is 4.72 Å². The molecule has 0 saturated heterocycles. The number of amides is 1. The number of halogens is 2. The first-order chi connectivity index (χ1) is 14.7. The number of hydrogen-bond acceptors (Lipinski definition) is 3. The van der Waals surface area contributed by atoms with Crippen LogP contribution in [0.15, 0.2) is 65.6 Å². The Kier molecular flexibility index (Phi) is 5.83. The van der Waals surface area contributed by atoms with Gasteiger partial charge in [-0.05, 0) is 60.9 Å². The first-order valence-electron chi connectivity index (χ1n) is 9.70. The van der Waals surface area contributed by atoms with Gasteiger partial charge in [0.1, 0.15) is 5.82 Å². The minimum absolute atomic E-state index is 0.0250. The van der Waals surface area contributed by atoms with Crippen molar-refractivity contribution >= 4 is 33.2 Å². The highest BCUT2D eigenvalue weighted by Gasteiger charge is 2.26. The molecule has 0 radical (unpaired) electrons. The molecule has 3 aromatic rings. The summed E-state index contributed by atoms with van der Waals surface area (Å²) in [6, 6.07) is 16.2. The van der Waals surface area contributed by atoms with Gasteiger partial charge in [0.05, 0.1) is 9.92 Å². The molecule has 160 valence electrons. The molecule has 0 fully saturated rings. The second-order valence-electron chi connectivity index (χ2n) is 7.44. The van der Waals surface area contributed by atoms with E-state index in [-0.39, 0.29) is 22.4 Å². The van der Waals surface area contributed by atoms with E-state index in [4.69, 9.17) is 11.6 Å². The highest BCUT2D eigenvalue weighted by Crippen LogP contribution is 2.30. The molecule has 1 aliphatic heterocycles. The van der Waals surface area contributed by atoms with Crippen LogP contribution >= 0.6 is 11.6 Å². The van der Waals surface area contributed by atoms with Crippen molar-refractivity contribution in [2.24, 2.45) is 0 Å². The van der Waals surface area contributed by atoms with E-state index >= 15 is 0 Å². The van der Waals surface area contributed by atoms with Crippen LogP contribution < -0.4 is 9.62 Å². The first-order valence-corrected chi connectivity index (χ1v) is 11.6. The normalized spacial score (nSPS) is 13.3. The molecule has 31 heavy (non-hydrogen) atoms. The molecule has 0 spiro atoms. The number of fused-ring (bicyclic) bond motifs is 1. The van der Waals surface area contributed by atoms with Crippen molar-refractivity contribution in [2.75, 3.05) is 11.4 Å². The molecule has 1 aliphatic rings. The number of rotatable bonds is 5. The molecule has 0 bridgehead atoms. The summed E-state index contributed by atoms with van der Waals surface area (Å²) >= 11 is 5.70. The van der Waals surface area contributed by atoms with Crippen molar-refractivity contribution in [3.63, 3.8) is 0 Å². The van der Waals surface area contributed by atoms with Gasteiger partial charge in [-0.3, -0.25) is 4.79 Å². The molecule has 4 rings (SSSR count). The minimum atomic E-state index is -3.87. The fraction of sp³-hybridized carbons (Fsp3) is 0.174. The Bertz CT molecular complexity index is 1260. The predicted octanol–water partition coefficient (Wildman–Crippen LogP) is 4.47. The number of hydrogen-bond donors (Lipinski definition) is 1. The van der Waals surface area contributed by atoms with Gasteiger partial charge in [-0.2, -0.15) is 0 Å². The molecule has 0 aromatic heterocycles. The van der Waals surface area contributed by atoms with Gasteiger partial charge in [-0.25, -0.2) is 17.5 Å². The Hall–Kier alpha value is -2.74. The summed E-state index contributed by atoms with van der Waals surface area (Å²) in [4.78, 5) is 14.6. The van der Waals surface area contributed by atoms with E-state index in [1.54, 1.807) is 4.90 Å². The molecule has 0 unspecified atom stereocenters. The molecule has 1 N–H and O–H groups in total. The Balaban J connectivity index is 1.53. The van der Waals surface area contributed by atoms with Crippen LogP contribution in [-0.4, -0.2) is 20.9 Å². The predicted molar refractivity (Wildman–Crippen MR) is 118 cm³/mol. The zero-order valence-electron chi connectivity index (χ0n) is 16.7. The number of nitrogens with zero attached hydrogens (tertiary/aromatic N) is 1. The van der Waals surface area contributed by atoms with Crippen LogP contribution in [0.5, 0.6) is 0 Å². The molecule has 0 aliphatic carbocycles. The molecule has 1 heterocycles. The van der Waals surface area contributed by atoms with E-state index in [1.165, 1.54) is 0 Å². The standard InChI is InChI=1S/C23H20ClFN2O3S/c1-15-2-5-18(6-3-15)23(28)27-11-10-17-7-4-16(12-22(17)27)14-26-31(29,30)19-8-9-21(25)20(24)13-19/h2-9,12-13,26H,10-11,14H2,1H3. The van der Waals surface area contributed by atoms with Gasteiger partial charge >= 0.3 is 0 Å². The van der Waals surface area contributed by atoms with Gasteiger partial charge in [0.15, 0.2) is 0 Å². The third-order valence-electron chi connectivity index (χ3n) is 5.26. The van der Waals surface area contributed by atoms with E-state index in [0.717, 1.165) is 41.4 Å². The van der Waals surface area contributed by atoms with Crippen LogP contribution in [0.25, 0.3) is 0 Å². The quantitative estimate of drug-likeness (QED) is 0.613. The van der Waals surface area contributed by atoms with Crippen LogP contribution in [0.3, 0.4) is 0 Å². The number of anilines is 1. The number of carbonyl (C=O) groups is 1. The van der Waals surface area contributed by atoms with E-state index in [9.17, 15) is 17.6 Å². The molecule has 0 saturated carbocycles. The Morgan fingerprint density at radius 1 is 1.10 bits per heavy atom. The van der Waals surface area contributed by atoms with Gasteiger partial charge < -0.3 is 4.90 Å². The van der Waals surface area contributed by atoms with Gasteiger partial charge in [0.2, 0.25) is 10.0 Å². The molecule has 8 heteroatoms. The lowest BCUT2D eigenvalue weighted by Gasteiger charge is -2.18. The molecule has 5 nitrogen and oxygen atoms in total. The third-order valence-corrected chi connectivity index (χ3v) is 6.95. The minimum Gasteiger partial charge on any atom is -0.308 e. The lowest BCUT2D eigenvalue weighted by Crippen LogP contribution is -2.29. The average molecular weight is 459 g/mol. The van der Waals surface area contributed by atoms with Crippen LogP contribution in [0, 0.1) is 12.7 Å². The summed E-state index contributed by atoms with van der Waals surface area (Å²) in [6.45, 7) is 2.56. The van der Waals surface area contributed by atoms with E-state index in [0.29, 0.717) is 17.7 Å². The van der Waals surface area contributed by atoms with E-state index < -0.39 is 15.8 Å². The summed E-state index contributed by atoms with van der Waals surface area (Å²) in [5, 5.41) is -0.259. The Morgan fingerprint density at radius 2 is 1.84 bits per heavy atom. The fourth-order valence-corrected chi connectivity index (χ4v) is 4.79. The first kappa shape index (κ1) is 21.5. The van der Waals surface area contributed by atoms with Crippen molar-refractivity contribution in [2.45, 2.75) is 24.8 Å². The Morgan fingerprint density at radius 3 is 2.55 bits per heavy atom. The summed E-state index contributed by atoms with van der Waals surface area (Å²) in [6.07, 6.45) is 0.743. The monoisotopic (exact) mass is 458 g/mol. The number of carbonyl (C=O) groups excluding carboxylic acids is 1. The average Bonchev–Trinajstić information content (AvgIpc) is 3.17. The molecular formula is C23H20ClFN2O3S. The van der Waals surface area contributed by atoms with Gasteiger partial charge in [0, 0.05) is 24.3 Å². The van der Waals surface area contributed by atoms with Crippen LogP contribution in [0.4, 0.5) is 10.1 Å². The topological polar surface area (TPSA) is 66.5 Å². The molecule has 1 amide bonds. The van der Waals surface area contributed by atoms with Crippen molar-refractivity contribution < 1.29 is 17.6 Å². The van der Waals surface area contributed by atoms with Gasteiger partial charge in [0.25, 0.3) is 5.91 Å². The zero-order chi connectivity index (χ0) is 22.2. The van der Waals surface area contributed by atoms with Crippen molar-refractivity contribution in [3.8, 4) is 0 Å². The van der Waals surface area contributed by atoms with Gasteiger partial charge in [-0.1, -0.05) is 41.4 Å². The summed E-state index contributed by atoms with van der Waals surface area (Å²) in [5.74, 6) is -0.769. The van der Waals surface area contributed by atoms with E-state index in [2.05, 4.69) is 4.72 Å². The summed E-state index contributed by atoms with van der Waals surface area (Å²) in [5.41, 5.74) is 4.22. The maximum Gasteiger partial charge on any atom is 0.258 e. The lowest BCUT2D eigenvalue weighted by molar-refractivity contribution is 0.0989. The van der Waals surface area contributed by atoms with Crippen molar-refractivity contribution in [1.29, 1.82) is 0 Å². The second-order valence-corrected chi connectivity index (χ2v) is 9.61. The lowest BCUT2D eigenvalue weighted by atomic mass is 10.1. The SMILES string of the molecule is Cc1ccc(C(=O)N2CCc3ccc(CNS(=O)(=O)c4ccc(F)c(Cl)c4)cc32)cc1. The van der Waals surface area contributed by atoms with Crippen molar-refractivity contribution in [3.05, 3.63) is 93.8 Å². The number of benzene rings is 3. The fourth-order valence-electron chi connectivity index (χ4n) is 3.50. The van der Waals surface area contributed by atoms with E-state index in [1.807, 2.05) is 49.4 Å². The second kappa shape index (κ2) is 8.42. The number of nitrogens with one attached hydrogen (secondary N) is 1. The molecular weight excluding hydrogens is 439 g/mol. The third kappa shape index (κ3) is 4.49. The number of sulfonamides is 1. The largest absolute Gasteiger partial charge is 0.308 e. The van der Waals surface area contributed by atoms with Gasteiger partial charge in [-0.15, -0.1) is 0 Å². The summed E-state index contributed by atoms with van der Waals surface area (Å²) in [7, 11) is -3.87. The highest BCUT2D eigenvalue weighted by molar-refractivity contribution is 7.89. The molecule has 0 atom stereocenters. The maximum atomic E-state index is 13.3. The molecule has 3 aromatic carbocycles. The summed E-state index contributed by atoms with van der Waals surface area (Å²) < 4.78 is 40.9. The van der Waals surface area contributed by atoms with Crippen LogP contribution in [0.2, 0.25) is 5.02 Å². The van der Waals surface area contributed by atoms with Crippen LogP contribution in [0.1, 0.15) is 27.0 Å². The smallest absolute Gasteiger partial charge is 0.258 e. The highest BCUT2D eigenvalue weighted by atomic mass is 35.5. The maximum absolute atomic E-state index is 13.3. The zero-order valence-corrected chi connectivity index (χ0v) is 18.3. The Labute approximate surface area is 185 Å². The van der Waals surface area contributed by atoms with Crippen LogP contribution in [-0.2, 0) is 23.0 Å². The number of aryl methyl sites for hydroxylation is 1.